The Morgan fingerprint density at radius 1 is 1.05 bits per heavy atom. The molecule has 21 heavy (non-hydrogen) atoms. The fourth-order valence-corrected chi connectivity index (χ4v) is 1.62. The van der Waals surface area contributed by atoms with Gasteiger partial charge in [-0.2, -0.15) is 10.5 Å². The molecule has 0 spiro atoms. The van der Waals surface area contributed by atoms with Crippen molar-refractivity contribution < 1.29 is 19.3 Å². The van der Waals surface area contributed by atoms with Gasteiger partial charge in [-0.05, 0) is 5.56 Å². The first-order valence-electron chi connectivity index (χ1n) is 6.50. The lowest BCUT2D eigenvalue weighted by atomic mass is 10.0. The van der Waals surface area contributed by atoms with E-state index in [9.17, 15) is 0 Å². The van der Waals surface area contributed by atoms with Crippen LogP contribution in [-0.2, 0) is 20.8 Å². The van der Waals surface area contributed by atoms with Crippen LogP contribution in [0, 0.1) is 22.7 Å². The molecule has 0 amide bonds. The van der Waals surface area contributed by atoms with Crippen molar-refractivity contribution in [2.75, 3.05) is 26.4 Å². The summed E-state index contributed by atoms with van der Waals surface area (Å²) in [5.74, 6) is 0. The summed E-state index contributed by atoms with van der Waals surface area (Å²) in [6.07, 6.45) is 0. The van der Waals surface area contributed by atoms with Gasteiger partial charge in [0, 0.05) is 0 Å². The highest BCUT2D eigenvalue weighted by atomic mass is 16.6. The van der Waals surface area contributed by atoms with E-state index in [4.69, 9.17) is 25.1 Å². The van der Waals surface area contributed by atoms with Gasteiger partial charge in [0.1, 0.15) is 12.1 Å². The van der Waals surface area contributed by atoms with Crippen molar-refractivity contribution >= 4 is 0 Å². The molecule has 110 valence electrons. The Morgan fingerprint density at radius 2 is 1.67 bits per heavy atom. The van der Waals surface area contributed by atoms with E-state index in [2.05, 4.69) is 10.8 Å². The minimum atomic E-state index is -1.15. The Kier molecular flexibility index (Phi) is 4.89. The standard InChI is InChI=1S/C11H11NO2.C4H5NO2/c12-7-11(8-13-9-11)14-6-10-4-2-1-3-5-10;5-1-4(6)2-7-3-4/h1-5H,6,8-9H2;6H,2-3H2. The summed E-state index contributed by atoms with van der Waals surface area (Å²) >= 11 is 0. The summed E-state index contributed by atoms with van der Waals surface area (Å²) in [6.45, 7) is 1.58. The highest BCUT2D eigenvalue weighted by Crippen LogP contribution is 2.22. The van der Waals surface area contributed by atoms with E-state index in [0.29, 0.717) is 19.8 Å². The lowest BCUT2D eigenvalue weighted by Gasteiger charge is -2.34. The van der Waals surface area contributed by atoms with Crippen molar-refractivity contribution in [3.8, 4) is 12.1 Å². The predicted molar refractivity (Wildman–Crippen MR) is 71.8 cm³/mol. The van der Waals surface area contributed by atoms with Crippen molar-refractivity contribution in [2.45, 2.75) is 17.8 Å². The fourth-order valence-electron chi connectivity index (χ4n) is 1.62. The molecule has 0 unspecified atom stereocenters. The van der Waals surface area contributed by atoms with Crippen LogP contribution in [0.4, 0.5) is 0 Å². The molecule has 6 heteroatoms. The molecule has 1 N–H and O–H groups in total. The molecule has 2 saturated heterocycles. The van der Waals surface area contributed by atoms with Crippen molar-refractivity contribution in [1.29, 1.82) is 10.5 Å². The molecule has 0 radical (unpaired) electrons. The minimum Gasteiger partial charge on any atom is -0.373 e. The Labute approximate surface area is 123 Å². The highest BCUT2D eigenvalue weighted by molar-refractivity contribution is 5.15. The van der Waals surface area contributed by atoms with E-state index in [1.807, 2.05) is 30.3 Å². The summed E-state index contributed by atoms with van der Waals surface area (Å²) in [5.41, 5.74) is -0.774. The van der Waals surface area contributed by atoms with Crippen LogP contribution < -0.4 is 0 Å². The van der Waals surface area contributed by atoms with Gasteiger partial charge in [-0.25, -0.2) is 0 Å². The lowest BCUT2D eigenvalue weighted by molar-refractivity contribution is -0.181. The van der Waals surface area contributed by atoms with Gasteiger partial charge in [0.2, 0.25) is 5.60 Å². The maximum absolute atomic E-state index is 8.86. The van der Waals surface area contributed by atoms with Crippen molar-refractivity contribution in [3.05, 3.63) is 35.9 Å². The largest absolute Gasteiger partial charge is 0.373 e. The number of benzene rings is 1. The van der Waals surface area contributed by atoms with Gasteiger partial charge >= 0.3 is 0 Å². The van der Waals surface area contributed by atoms with Crippen LogP contribution in [0.25, 0.3) is 0 Å². The first-order chi connectivity index (χ1) is 10.1. The zero-order valence-electron chi connectivity index (χ0n) is 11.5. The fraction of sp³-hybridized carbons (Fsp3) is 0.467. The van der Waals surface area contributed by atoms with E-state index >= 15 is 0 Å². The monoisotopic (exact) mass is 288 g/mol. The third-order valence-corrected chi connectivity index (χ3v) is 3.12. The highest BCUT2D eigenvalue weighted by Gasteiger charge is 2.40. The predicted octanol–water partition coefficient (Wildman–Crippen LogP) is 0.767. The second-order valence-electron chi connectivity index (χ2n) is 5.01. The Hall–Kier alpha value is -1.96. The minimum absolute atomic E-state index is 0.170. The number of aliphatic hydroxyl groups is 1. The Morgan fingerprint density at radius 3 is 2.00 bits per heavy atom. The summed E-state index contributed by atoms with van der Waals surface area (Å²) in [5, 5.41) is 25.7. The van der Waals surface area contributed by atoms with Gasteiger partial charge in [-0.1, -0.05) is 30.3 Å². The van der Waals surface area contributed by atoms with Crippen molar-refractivity contribution in [3.63, 3.8) is 0 Å². The van der Waals surface area contributed by atoms with E-state index in [-0.39, 0.29) is 13.2 Å². The second kappa shape index (κ2) is 6.66. The van der Waals surface area contributed by atoms with Gasteiger partial charge in [-0.15, -0.1) is 0 Å². The number of hydrogen-bond acceptors (Lipinski definition) is 6. The second-order valence-corrected chi connectivity index (χ2v) is 5.01. The number of nitrogens with zero attached hydrogens (tertiary/aromatic N) is 2. The molecular weight excluding hydrogens is 272 g/mol. The summed E-state index contributed by atoms with van der Waals surface area (Å²) in [4.78, 5) is 0. The average molecular weight is 288 g/mol. The lowest BCUT2D eigenvalue weighted by Crippen LogP contribution is -2.50. The van der Waals surface area contributed by atoms with Crippen LogP contribution in [0.1, 0.15) is 5.56 Å². The van der Waals surface area contributed by atoms with Gasteiger partial charge in [-0.3, -0.25) is 0 Å². The van der Waals surface area contributed by atoms with E-state index < -0.39 is 11.2 Å². The molecule has 0 atom stereocenters. The summed E-state index contributed by atoms with van der Waals surface area (Å²) in [7, 11) is 0. The van der Waals surface area contributed by atoms with Gasteiger partial charge in [0.25, 0.3) is 0 Å². The maximum atomic E-state index is 8.86. The molecule has 1 aromatic rings. The molecule has 6 nitrogen and oxygen atoms in total. The molecule has 0 saturated carbocycles. The van der Waals surface area contributed by atoms with E-state index in [0.717, 1.165) is 5.56 Å². The molecule has 2 aliphatic heterocycles. The Balaban J connectivity index is 0.000000194. The first kappa shape index (κ1) is 15.4. The zero-order valence-corrected chi connectivity index (χ0v) is 11.5. The van der Waals surface area contributed by atoms with Gasteiger partial charge in [0.15, 0.2) is 5.60 Å². The molecule has 0 aliphatic carbocycles. The third-order valence-electron chi connectivity index (χ3n) is 3.12. The van der Waals surface area contributed by atoms with Crippen LogP contribution in [0.3, 0.4) is 0 Å². The number of ether oxygens (including phenoxy) is 3. The first-order valence-corrected chi connectivity index (χ1v) is 6.50. The molecule has 0 aromatic heterocycles. The molecular formula is C15H16N2O4. The third kappa shape index (κ3) is 4.01. The van der Waals surface area contributed by atoms with E-state index in [1.54, 1.807) is 6.07 Å². The smallest absolute Gasteiger partial charge is 0.200 e. The average Bonchev–Trinajstić information content (AvgIpc) is 2.46. The molecule has 0 bridgehead atoms. The van der Waals surface area contributed by atoms with Gasteiger partial charge in [0.05, 0.1) is 33.0 Å². The molecule has 2 heterocycles. The summed E-state index contributed by atoms with van der Waals surface area (Å²) < 4.78 is 15.0. The van der Waals surface area contributed by atoms with Crippen LogP contribution in [0.2, 0.25) is 0 Å². The van der Waals surface area contributed by atoms with Crippen molar-refractivity contribution in [2.24, 2.45) is 0 Å². The van der Waals surface area contributed by atoms with E-state index in [1.165, 1.54) is 0 Å². The number of nitriles is 2. The topological polar surface area (TPSA) is 95.5 Å². The van der Waals surface area contributed by atoms with Crippen molar-refractivity contribution in [1.82, 2.24) is 0 Å². The number of hydrogen-bond donors (Lipinski definition) is 1. The van der Waals surface area contributed by atoms with Gasteiger partial charge < -0.3 is 19.3 Å². The maximum Gasteiger partial charge on any atom is 0.200 e. The summed E-state index contributed by atoms with van der Waals surface area (Å²) in [6, 6.07) is 13.7. The van der Waals surface area contributed by atoms with Crippen LogP contribution in [0.15, 0.2) is 30.3 Å². The normalized spacial score (nSPS) is 20.5. The van der Waals surface area contributed by atoms with Crippen LogP contribution in [0.5, 0.6) is 0 Å². The number of rotatable bonds is 3. The molecule has 3 rings (SSSR count). The van der Waals surface area contributed by atoms with Crippen LogP contribution >= 0.6 is 0 Å². The molecule has 1 aromatic carbocycles. The Bertz CT molecular complexity index is 539. The molecule has 2 fully saturated rings. The van der Waals surface area contributed by atoms with Crippen LogP contribution in [-0.4, -0.2) is 42.7 Å². The zero-order chi connectivity index (χ0) is 15.2. The SMILES string of the molecule is N#CC1(O)COC1.N#CC1(OCc2ccccc2)COC1. The molecule has 2 aliphatic rings. The quantitative estimate of drug-likeness (QED) is 0.825.